The molecule has 0 rings (SSSR count). The third-order valence-corrected chi connectivity index (χ3v) is 7.97. The summed E-state index contributed by atoms with van der Waals surface area (Å²) in [6.45, 7) is 4.53. The van der Waals surface area contributed by atoms with Crippen molar-refractivity contribution in [1.82, 2.24) is 0 Å². The van der Waals surface area contributed by atoms with E-state index >= 15 is 0 Å². The minimum Gasteiger partial charge on any atom is -2.00 e. The fourth-order valence-corrected chi connectivity index (χ4v) is 5.28. The molecule has 0 spiro atoms. The maximum Gasteiger partial charge on any atom is 4.00 e. The molecule has 0 fully saturated rings. The molecule has 0 aromatic heterocycles. The summed E-state index contributed by atoms with van der Waals surface area (Å²) >= 11 is 0. The van der Waals surface area contributed by atoms with Gasteiger partial charge in [-0.1, -0.05) is 194 Å². The molecule has 0 amide bonds. The van der Waals surface area contributed by atoms with Gasteiger partial charge in [-0.2, -0.15) is 0 Å². The van der Waals surface area contributed by atoms with Crippen LogP contribution in [-0.2, 0) is 42.3 Å². The van der Waals surface area contributed by atoms with E-state index in [4.69, 9.17) is 0 Å². The summed E-state index contributed by atoms with van der Waals surface area (Å²) in [6, 6.07) is 0. The Morgan fingerprint density at radius 2 is 0.477 bits per heavy atom. The van der Waals surface area contributed by atoms with Crippen molar-refractivity contribution in [2.24, 2.45) is 0 Å². The third-order valence-electron chi connectivity index (χ3n) is 7.97. The molecule has 44 heavy (non-hydrogen) atoms. The van der Waals surface area contributed by atoms with Crippen LogP contribution in [0.5, 0.6) is 0 Å². The molecule has 8 heteroatoms. The van der Waals surface area contributed by atoms with E-state index in [1.807, 2.05) is 0 Å². The van der Waals surface area contributed by atoms with E-state index in [9.17, 15) is 19.8 Å². The second kappa shape index (κ2) is 53.6. The van der Waals surface area contributed by atoms with Crippen molar-refractivity contribution >= 4 is 60.8 Å². The number of carbonyl (C=O) groups excluding carboxylic acids is 2. The summed E-state index contributed by atoms with van der Waals surface area (Å²) in [5.74, 6) is -1.81. The van der Waals surface area contributed by atoms with Gasteiger partial charge in [0.15, 0.2) is 0 Å². The topological polar surface area (TPSA) is 137 Å². The molecule has 0 aliphatic carbocycles. The van der Waals surface area contributed by atoms with Crippen molar-refractivity contribution < 1.29 is 52.5 Å². The van der Waals surface area contributed by atoms with Crippen LogP contribution in [0.15, 0.2) is 0 Å². The van der Waals surface area contributed by atoms with Crippen LogP contribution in [0.25, 0.3) is 0 Å². The van der Waals surface area contributed by atoms with Gasteiger partial charge >= 0.3 is 70.6 Å². The fraction of sp³-hybridized carbons (Fsp3) is 0.944. The van der Waals surface area contributed by atoms with Crippen molar-refractivity contribution in [3.63, 3.8) is 0 Å². The van der Waals surface area contributed by atoms with Gasteiger partial charge in [-0.3, -0.25) is 0 Å². The number of hydrogen-bond acceptors (Lipinski definition) is 4. The molecule has 0 aliphatic heterocycles. The van der Waals surface area contributed by atoms with Gasteiger partial charge in [0, 0.05) is 11.9 Å². The molecule has 0 saturated heterocycles. The number of carboxylic acids is 2. The molecule has 0 unspecified atom stereocenters. The molecule has 0 radical (unpaired) electrons. The number of carbonyl (C=O) groups is 2. The summed E-state index contributed by atoms with van der Waals surface area (Å²) < 4.78 is 0. The van der Waals surface area contributed by atoms with E-state index in [-0.39, 0.29) is 94.4 Å². The summed E-state index contributed by atoms with van der Waals surface area (Å²) in [5.41, 5.74) is 0. The van der Waals surface area contributed by atoms with E-state index in [0.29, 0.717) is 0 Å². The maximum absolute atomic E-state index is 10.2. The summed E-state index contributed by atoms with van der Waals surface area (Å²) in [6.07, 6.45) is 39.7. The minimum absolute atomic E-state index is 0. The Bertz CT molecular complexity index is 467. The van der Waals surface area contributed by atoms with Gasteiger partial charge in [0.2, 0.25) is 0 Å². The zero-order valence-electron chi connectivity index (χ0n) is 29.3. The number of rotatable bonds is 32. The quantitative estimate of drug-likeness (QED) is 0.0496. The van der Waals surface area contributed by atoms with E-state index in [2.05, 4.69) is 13.8 Å². The molecule has 256 valence electrons. The van der Waals surface area contributed by atoms with Crippen molar-refractivity contribution in [2.75, 3.05) is 0 Å². The Balaban J connectivity index is -0.000000150. The zero-order chi connectivity index (χ0) is 29.8. The normalized spacial score (nSPS) is 9.86. The van der Waals surface area contributed by atoms with Gasteiger partial charge in [-0.15, -0.1) is 0 Å². The second-order valence-corrected chi connectivity index (χ2v) is 12.1. The van der Waals surface area contributed by atoms with E-state index in [1.54, 1.807) is 0 Å². The van der Waals surface area contributed by atoms with Crippen LogP contribution in [-0.4, -0.2) is 60.8 Å². The Morgan fingerprint density at radius 3 is 0.614 bits per heavy atom. The van der Waals surface area contributed by atoms with Crippen LogP contribution in [0.4, 0.5) is 0 Å². The second-order valence-electron chi connectivity index (χ2n) is 12.1. The summed E-state index contributed by atoms with van der Waals surface area (Å²) in [5, 5.41) is 20.4. The summed E-state index contributed by atoms with van der Waals surface area (Å²) in [4.78, 5) is 20.4. The minimum atomic E-state index is -0.903. The van der Waals surface area contributed by atoms with Gasteiger partial charge in [0.25, 0.3) is 0 Å². The molecule has 0 bridgehead atoms. The van der Waals surface area contributed by atoms with Crippen LogP contribution in [0.1, 0.15) is 219 Å². The van der Waals surface area contributed by atoms with Crippen LogP contribution < -0.4 is 10.2 Å². The first kappa shape index (κ1) is 57.4. The third kappa shape index (κ3) is 62.0. The molecule has 0 heterocycles. The number of unbranched alkanes of at least 4 members (excludes halogenated alkanes) is 28. The van der Waals surface area contributed by atoms with Crippen LogP contribution >= 0.6 is 0 Å². The number of hydrogen-bond donors (Lipinski definition) is 0. The monoisotopic (exact) mass is 784 g/mol. The van der Waals surface area contributed by atoms with Gasteiger partial charge in [-0.25, -0.2) is 0 Å². The number of aliphatic carboxylic acids is 2. The smallest absolute Gasteiger partial charge is 2.00 e. The SMILES string of the molecule is CCCCCCCCCCCCCCCCCC(=O)[O-].CCCCCCCCCCCCCCCCCC(=O)[O-].[Ba+2].[O-2].[O-2].[Ti+4]. The molecule has 6 nitrogen and oxygen atoms in total. The molecule has 0 atom stereocenters. The molecule has 0 aromatic carbocycles. The average molecular weight is 784 g/mol. The average Bonchev–Trinajstić information content (AvgIpc) is 2.93. The molecule has 0 aliphatic rings. The van der Waals surface area contributed by atoms with Crippen molar-refractivity contribution in [2.45, 2.75) is 219 Å². The molecular weight excluding hydrogens is 714 g/mol. The number of carboxylic acid groups (broad SMARTS) is 2. The first-order chi connectivity index (χ1) is 19.5. The van der Waals surface area contributed by atoms with Crippen molar-refractivity contribution in [3.05, 3.63) is 0 Å². The molecule has 0 N–H and O–H groups in total. The van der Waals surface area contributed by atoms with Gasteiger partial charge in [0.1, 0.15) is 0 Å². The predicted octanol–water partition coefficient (Wildman–Crippen LogP) is 9.37. The largest absolute Gasteiger partial charge is 4.00 e. The summed E-state index contributed by atoms with van der Waals surface area (Å²) in [7, 11) is 0. The Kier molecular flexibility index (Phi) is 70.0. The van der Waals surface area contributed by atoms with Crippen molar-refractivity contribution in [3.8, 4) is 0 Å². The molecule has 0 saturated carbocycles. The van der Waals surface area contributed by atoms with Crippen molar-refractivity contribution in [1.29, 1.82) is 0 Å². The fourth-order valence-electron chi connectivity index (χ4n) is 5.28. The predicted molar refractivity (Wildman–Crippen MR) is 176 cm³/mol. The zero-order valence-corrected chi connectivity index (χ0v) is 35.3. The van der Waals surface area contributed by atoms with E-state index in [0.717, 1.165) is 25.7 Å². The first-order valence-corrected chi connectivity index (χ1v) is 17.9. The standard InChI is InChI=1S/2C18H36O2.Ba.2O.Ti/c2*1-2-3-4-5-6-7-8-9-10-11-12-13-14-15-16-17-18(19)20;;;;/h2*2-17H2,1H3,(H,19,20);;;;/q;;+2;2*-2;+4/p-2. The molecule has 0 aromatic rings. The van der Waals surface area contributed by atoms with Gasteiger partial charge in [-0.05, 0) is 25.7 Å². The van der Waals surface area contributed by atoms with E-state index < -0.39 is 11.9 Å². The Hall–Kier alpha value is 1.15. The first-order valence-electron chi connectivity index (χ1n) is 17.9. The molecular formula is C36H70BaO6Ti. The van der Waals surface area contributed by atoms with E-state index in [1.165, 1.54) is 167 Å². The maximum atomic E-state index is 10.2. The Labute approximate surface area is 329 Å². The van der Waals surface area contributed by atoms with Crippen LogP contribution in [0.2, 0.25) is 0 Å². The van der Waals surface area contributed by atoms with Crippen LogP contribution in [0.3, 0.4) is 0 Å². The van der Waals surface area contributed by atoms with Gasteiger partial charge < -0.3 is 30.8 Å². The van der Waals surface area contributed by atoms with Crippen LogP contribution in [0, 0.1) is 0 Å². The van der Waals surface area contributed by atoms with Gasteiger partial charge in [0.05, 0.1) is 0 Å². The Morgan fingerprint density at radius 1 is 0.341 bits per heavy atom.